The molecule has 1 aromatic heterocycles. The summed E-state index contributed by atoms with van der Waals surface area (Å²) in [5, 5.41) is 3.13. The van der Waals surface area contributed by atoms with Gasteiger partial charge in [-0.2, -0.15) is 13.2 Å². The van der Waals surface area contributed by atoms with Crippen molar-refractivity contribution in [1.29, 1.82) is 0 Å². The first-order valence-corrected chi connectivity index (χ1v) is 6.12. The number of primary amides is 1. The van der Waals surface area contributed by atoms with E-state index in [1.165, 1.54) is 0 Å². The third-order valence-electron chi connectivity index (χ3n) is 3.00. The minimum atomic E-state index is -4.60. The van der Waals surface area contributed by atoms with Crippen LogP contribution >= 0.6 is 0 Å². The topological polar surface area (TPSA) is 77.2 Å². The minimum Gasteiger partial charge on any atom is -0.475 e. The summed E-state index contributed by atoms with van der Waals surface area (Å²) < 4.78 is 43.0. The highest BCUT2D eigenvalue weighted by atomic mass is 19.4. The molecule has 0 bridgehead atoms. The Hall–Kier alpha value is -1.83. The van der Waals surface area contributed by atoms with Gasteiger partial charge in [-0.15, -0.1) is 0 Å². The zero-order valence-electron chi connectivity index (χ0n) is 10.5. The Bertz CT molecular complexity index is 499. The van der Waals surface area contributed by atoms with Crippen LogP contribution in [0.15, 0.2) is 12.1 Å². The van der Waals surface area contributed by atoms with Gasteiger partial charge in [-0.1, -0.05) is 0 Å². The van der Waals surface area contributed by atoms with E-state index in [4.69, 9.17) is 10.5 Å². The third kappa shape index (κ3) is 3.38. The minimum absolute atomic E-state index is 0.0482. The fraction of sp³-hybridized carbons (Fsp3) is 0.500. The highest BCUT2D eigenvalue weighted by Crippen LogP contribution is 2.30. The van der Waals surface area contributed by atoms with Crippen molar-refractivity contribution in [2.75, 3.05) is 13.2 Å². The van der Waals surface area contributed by atoms with Crippen LogP contribution in [0.25, 0.3) is 0 Å². The van der Waals surface area contributed by atoms with Crippen LogP contribution in [-0.2, 0) is 6.18 Å². The summed E-state index contributed by atoms with van der Waals surface area (Å²) in [6.07, 6.45) is -2.75. The maximum atomic E-state index is 12.6. The van der Waals surface area contributed by atoms with E-state index in [1.54, 1.807) is 0 Å². The number of aromatic nitrogens is 1. The van der Waals surface area contributed by atoms with E-state index < -0.39 is 17.8 Å². The summed E-state index contributed by atoms with van der Waals surface area (Å²) in [6, 6.07) is 1.74. The zero-order valence-corrected chi connectivity index (χ0v) is 10.5. The summed E-state index contributed by atoms with van der Waals surface area (Å²) in [4.78, 5) is 14.5. The second kappa shape index (κ2) is 5.66. The second-order valence-electron chi connectivity index (χ2n) is 4.52. The molecule has 2 heterocycles. The van der Waals surface area contributed by atoms with Crippen LogP contribution in [0.1, 0.15) is 28.9 Å². The van der Waals surface area contributed by atoms with Gasteiger partial charge >= 0.3 is 6.18 Å². The van der Waals surface area contributed by atoms with Crippen molar-refractivity contribution >= 4 is 5.91 Å². The number of ether oxygens (including phenoxy) is 1. The normalized spacial score (nSPS) is 19.1. The number of rotatable bonds is 4. The van der Waals surface area contributed by atoms with Crippen LogP contribution < -0.4 is 15.8 Å². The molecule has 0 saturated carbocycles. The number of nitrogens with two attached hydrogens (primary N) is 1. The van der Waals surface area contributed by atoms with E-state index in [0.717, 1.165) is 25.5 Å². The molecule has 1 saturated heterocycles. The van der Waals surface area contributed by atoms with Crippen LogP contribution in [0.4, 0.5) is 13.2 Å². The Morgan fingerprint density at radius 3 is 2.80 bits per heavy atom. The number of carbonyl (C=O) groups is 1. The first-order chi connectivity index (χ1) is 9.38. The van der Waals surface area contributed by atoms with E-state index in [0.29, 0.717) is 6.07 Å². The molecule has 1 amide bonds. The van der Waals surface area contributed by atoms with Gasteiger partial charge in [0, 0.05) is 6.04 Å². The Labute approximate surface area is 113 Å². The lowest BCUT2D eigenvalue weighted by atomic mass is 10.2. The summed E-state index contributed by atoms with van der Waals surface area (Å²) in [5.41, 5.74) is 3.83. The van der Waals surface area contributed by atoms with Crippen LogP contribution in [0.3, 0.4) is 0 Å². The second-order valence-corrected chi connectivity index (χ2v) is 4.52. The Morgan fingerprint density at radius 2 is 2.25 bits per heavy atom. The zero-order chi connectivity index (χ0) is 14.8. The Balaban J connectivity index is 2.20. The molecular formula is C12H14F3N3O2. The molecule has 1 fully saturated rings. The molecule has 110 valence electrons. The molecule has 20 heavy (non-hydrogen) atoms. The number of nitrogens with one attached hydrogen (secondary N) is 1. The third-order valence-corrected chi connectivity index (χ3v) is 3.00. The molecule has 8 heteroatoms. The molecule has 0 spiro atoms. The average molecular weight is 289 g/mol. The first-order valence-electron chi connectivity index (χ1n) is 6.12. The predicted octanol–water partition coefficient (Wildman–Crippen LogP) is 1.33. The number of hydrogen-bond acceptors (Lipinski definition) is 4. The lowest BCUT2D eigenvalue weighted by Gasteiger charge is -2.14. The fourth-order valence-corrected chi connectivity index (χ4v) is 1.97. The monoisotopic (exact) mass is 289 g/mol. The lowest BCUT2D eigenvalue weighted by molar-refractivity contribution is -0.141. The van der Waals surface area contributed by atoms with Gasteiger partial charge in [-0.3, -0.25) is 4.79 Å². The number of pyridine rings is 1. The number of amides is 1. The quantitative estimate of drug-likeness (QED) is 0.876. The maximum Gasteiger partial charge on any atom is 0.433 e. The van der Waals surface area contributed by atoms with E-state index in [-0.39, 0.29) is 24.1 Å². The Morgan fingerprint density at radius 1 is 1.50 bits per heavy atom. The highest BCUT2D eigenvalue weighted by Gasteiger charge is 2.34. The van der Waals surface area contributed by atoms with Crippen LogP contribution in [-0.4, -0.2) is 30.1 Å². The maximum absolute atomic E-state index is 12.6. The molecule has 2 rings (SSSR count). The van der Waals surface area contributed by atoms with Gasteiger partial charge in [0.15, 0.2) is 0 Å². The highest BCUT2D eigenvalue weighted by molar-refractivity contribution is 5.95. The molecule has 5 nitrogen and oxygen atoms in total. The fourth-order valence-electron chi connectivity index (χ4n) is 1.97. The van der Waals surface area contributed by atoms with E-state index >= 15 is 0 Å². The molecule has 0 radical (unpaired) electrons. The van der Waals surface area contributed by atoms with Gasteiger partial charge in [-0.05, 0) is 31.5 Å². The van der Waals surface area contributed by atoms with Crippen LogP contribution in [0, 0.1) is 0 Å². The largest absolute Gasteiger partial charge is 0.475 e. The van der Waals surface area contributed by atoms with Crippen molar-refractivity contribution in [3.8, 4) is 5.88 Å². The SMILES string of the molecule is NC(=O)c1ccc(C(F)(F)F)nc1OCC1CCCN1. The van der Waals surface area contributed by atoms with E-state index in [9.17, 15) is 18.0 Å². The van der Waals surface area contributed by atoms with Crippen molar-refractivity contribution in [2.24, 2.45) is 5.73 Å². The van der Waals surface area contributed by atoms with E-state index in [2.05, 4.69) is 10.3 Å². The summed E-state index contributed by atoms with van der Waals surface area (Å²) >= 11 is 0. The Kier molecular flexibility index (Phi) is 4.12. The van der Waals surface area contributed by atoms with Gasteiger partial charge in [0.25, 0.3) is 5.91 Å². The lowest BCUT2D eigenvalue weighted by Crippen LogP contribution is -2.29. The molecule has 1 atom stereocenters. The molecule has 1 unspecified atom stereocenters. The first kappa shape index (κ1) is 14.6. The average Bonchev–Trinajstić information content (AvgIpc) is 2.87. The number of hydrogen-bond donors (Lipinski definition) is 2. The van der Waals surface area contributed by atoms with Crippen molar-refractivity contribution < 1.29 is 22.7 Å². The number of carbonyl (C=O) groups excluding carboxylic acids is 1. The van der Waals surface area contributed by atoms with Gasteiger partial charge < -0.3 is 15.8 Å². The molecular weight excluding hydrogens is 275 g/mol. The van der Waals surface area contributed by atoms with E-state index in [1.807, 2.05) is 0 Å². The molecule has 1 aliphatic heterocycles. The molecule has 0 aliphatic carbocycles. The number of alkyl halides is 3. The number of halogens is 3. The molecule has 0 aromatic carbocycles. The van der Waals surface area contributed by atoms with Crippen molar-refractivity contribution in [3.05, 3.63) is 23.4 Å². The summed E-state index contributed by atoms with van der Waals surface area (Å²) in [5.74, 6) is -1.25. The smallest absolute Gasteiger partial charge is 0.433 e. The van der Waals surface area contributed by atoms with Crippen molar-refractivity contribution in [1.82, 2.24) is 10.3 Å². The summed E-state index contributed by atoms with van der Waals surface area (Å²) in [6.45, 7) is 0.987. The van der Waals surface area contributed by atoms with Crippen molar-refractivity contribution in [3.63, 3.8) is 0 Å². The molecule has 3 N–H and O–H groups in total. The van der Waals surface area contributed by atoms with Crippen LogP contribution in [0.5, 0.6) is 5.88 Å². The predicted molar refractivity (Wildman–Crippen MR) is 64.3 cm³/mol. The summed E-state index contributed by atoms with van der Waals surface area (Å²) in [7, 11) is 0. The standard InChI is InChI=1S/C12H14F3N3O2/c13-12(14,15)9-4-3-8(10(16)19)11(18-9)20-6-7-2-1-5-17-7/h3-4,7,17H,1-2,5-6H2,(H2,16,19). The van der Waals surface area contributed by atoms with Gasteiger partial charge in [0.2, 0.25) is 5.88 Å². The van der Waals surface area contributed by atoms with Crippen LogP contribution in [0.2, 0.25) is 0 Å². The molecule has 1 aromatic rings. The molecule has 1 aliphatic rings. The van der Waals surface area contributed by atoms with Gasteiger partial charge in [0.1, 0.15) is 17.9 Å². The van der Waals surface area contributed by atoms with Gasteiger partial charge in [0.05, 0.1) is 0 Å². The van der Waals surface area contributed by atoms with Crippen molar-refractivity contribution in [2.45, 2.75) is 25.1 Å². The number of nitrogens with zero attached hydrogens (tertiary/aromatic N) is 1. The van der Waals surface area contributed by atoms with Gasteiger partial charge in [-0.25, -0.2) is 4.98 Å².